The standard InChI is InChI=1S/C17H20O2S/c1-3-19-15-9-6-8-14(11-15)16(18)12-20-17-10-5-4-7-13(17)2/h4-11,16,18H,3,12H2,1-2H3. The minimum Gasteiger partial charge on any atom is -0.494 e. The Hall–Kier alpha value is -1.45. The zero-order valence-corrected chi connectivity index (χ0v) is 12.7. The van der Waals surface area contributed by atoms with Gasteiger partial charge in [-0.25, -0.2) is 0 Å². The molecule has 1 unspecified atom stereocenters. The summed E-state index contributed by atoms with van der Waals surface area (Å²) in [5, 5.41) is 10.3. The van der Waals surface area contributed by atoms with Crippen LogP contribution in [0.2, 0.25) is 0 Å². The zero-order valence-electron chi connectivity index (χ0n) is 11.9. The Kier molecular flexibility index (Phi) is 5.50. The summed E-state index contributed by atoms with van der Waals surface area (Å²) in [7, 11) is 0. The van der Waals surface area contributed by atoms with E-state index in [0.29, 0.717) is 12.4 Å². The first-order valence-electron chi connectivity index (χ1n) is 6.80. The summed E-state index contributed by atoms with van der Waals surface area (Å²) in [6.45, 7) is 4.68. The maximum Gasteiger partial charge on any atom is 0.119 e. The lowest BCUT2D eigenvalue weighted by Crippen LogP contribution is -2.01. The average molecular weight is 288 g/mol. The van der Waals surface area contributed by atoms with Crippen LogP contribution in [0.15, 0.2) is 53.4 Å². The summed E-state index contributed by atoms with van der Waals surface area (Å²) >= 11 is 1.68. The molecule has 106 valence electrons. The summed E-state index contributed by atoms with van der Waals surface area (Å²) < 4.78 is 5.46. The molecule has 0 amide bonds. The van der Waals surface area contributed by atoms with Gasteiger partial charge in [0.15, 0.2) is 0 Å². The highest BCUT2D eigenvalue weighted by Gasteiger charge is 2.10. The molecule has 2 nitrogen and oxygen atoms in total. The zero-order chi connectivity index (χ0) is 14.4. The van der Waals surface area contributed by atoms with Crippen LogP contribution in [0.25, 0.3) is 0 Å². The van der Waals surface area contributed by atoms with E-state index in [1.807, 2.05) is 43.3 Å². The molecule has 1 N–H and O–H groups in total. The lowest BCUT2D eigenvalue weighted by Gasteiger charge is -2.13. The van der Waals surface area contributed by atoms with E-state index in [2.05, 4.69) is 19.1 Å². The second-order valence-corrected chi connectivity index (χ2v) is 5.66. The number of aliphatic hydroxyl groups excluding tert-OH is 1. The van der Waals surface area contributed by atoms with Crippen LogP contribution in [-0.4, -0.2) is 17.5 Å². The van der Waals surface area contributed by atoms with Gasteiger partial charge in [-0.05, 0) is 43.2 Å². The van der Waals surface area contributed by atoms with E-state index in [-0.39, 0.29) is 0 Å². The van der Waals surface area contributed by atoms with Gasteiger partial charge in [-0.1, -0.05) is 30.3 Å². The number of aliphatic hydroxyl groups is 1. The Bertz CT molecular complexity index is 554. The van der Waals surface area contributed by atoms with Crippen molar-refractivity contribution in [3.63, 3.8) is 0 Å². The molecule has 2 aromatic carbocycles. The summed E-state index contributed by atoms with van der Waals surface area (Å²) in [5.41, 5.74) is 2.14. The van der Waals surface area contributed by atoms with Crippen LogP contribution >= 0.6 is 11.8 Å². The van der Waals surface area contributed by atoms with Crippen molar-refractivity contribution in [3.05, 3.63) is 59.7 Å². The highest BCUT2D eigenvalue weighted by atomic mass is 32.2. The number of benzene rings is 2. The highest BCUT2D eigenvalue weighted by molar-refractivity contribution is 7.99. The number of ether oxygens (including phenoxy) is 1. The fourth-order valence-corrected chi connectivity index (χ4v) is 2.96. The van der Waals surface area contributed by atoms with Gasteiger partial charge in [0, 0.05) is 10.6 Å². The van der Waals surface area contributed by atoms with Gasteiger partial charge >= 0.3 is 0 Å². The Labute approximate surface area is 124 Å². The monoisotopic (exact) mass is 288 g/mol. The van der Waals surface area contributed by atoms with Crippen molar-refractivity contribution < 1.29 is 9.84 Å². The Morgan fingerprint density at radius 1 is 1.15 bits per heavy atom. The minimum absolute atomic E-state index is 0.486. The molecule has 0 heterocycles. The predicted molar refractivity (Wildman–Crippen MR) is 84.5 cm³/mol. The van der Waals surface area contributed by atoms with Crippen molar-refractivity contribution in [2.24, 2.45) is 0 Å². The van der Waals surface area contributed by atoms with Crippen molar-refractivity contribution in [2.75, 3.05) is 12.4 Å². The van der Waals surface area contributed by atoms with E-state index < -0.39 is 6.10 Å². The van der Waals surface area contributed by atoms with Gasteiger partial charge in [-0.15, -0.1) is 11.8 Å². The third kappa shape index (κ3) is 4.02. The van der Waals surface area contributed by atoms with E-state index in [9.17, 15) is 5.11 Å². The molecule has 2 rings (SSSR count). The van der Waals surface area contributed by atoms with Gasteiger partial charge < -0.3 is 9.84 Å². The smallest absolute Gasteiger partial charge is 0.119 e. The van der Waals surface area contributed by atoms with Crippen LogP contribution in [0.1, 0.15) is 24.2 Å². The number of thioether (sulfide) groups is 1. The number of rotatable bonds is 6. The fraction of sp³-hybridized carbons (Fsp3) is 0.294. The molecule has 0 spiro atoms. The minimum atomic E-state index is -0.486. The molecule has 0 saturated heterocycles. The second-order valence-electron chi connectivity index (χ2n) is 4.60. The molecule has 0 aromatic heterocycles. The Morgan fingerprint density at radius 3 is 2.70 bits per heavy atom. The summed E-state index contributed by atoms with van der Waals surface area (Å²) in [5.74, 6) is 1.45. The van der Waals surface area contributed by atoms with Gasteiger partial charge in [0.2, 0.25) is 0 Å². The summed E-state index contributed by atoms with van der Waals surface area (Å²) in [4.78, 5) is 1.22. The van der Waals surface area contributed by atoms with E-state index in [1.54, 1.807) is 11.8 Å². The van der Waals surface area contributed by atoms with Gasteiger partial charge in [-0.3, -0.25) is 0 Å². The van der Waals surface area contributed by atoms with Crippen molar-refractivity contribution in [2.45, 2.75) is 24.8 Å². The van der Waals surface area contributed by atoms with Crippen LogP contribution in [-0.2, 0) is 0 Å². The van der Waals surface area contributed by atoms with E-state index in [0.717, 1.165) is 11.3 Å². The first kappa shape index (κ1) is 14.9. The van der Waals surface area contributed by atoms with Gasteiger partial charge in [0.25, 0.3) is 0 Å². The lowest BCUT2D eigenvalue weighted by atomic mass is 10.1. The average Bonchev–Trinajstić information content (AvgIpc) is 2.47. The molecular formula is C17H20O2S. The maximum absolute atomic E-state index is 10.3. The van der Waals surface area contributed by atoms with Crippen molar-refractivity contribution >= 4 is 11.8 Å². The first-order chi connectivity index (χ1) is 9.70. The SMILES string of the molecule is CCOc1cccc(C(O)CSc2ccccc2C)c1. The van der Waals surface area contributed by atoms with Crippen molar-refractivity contribution in [1.82, 2.24) is 0 Å². The molecule has 0 radical (unpaired) electrons. The maximum atomic E-state index is 10.3. The topological polar surface area (TPSA) is 29.5 Å². The van der Waals surface area contributed by atoms with Gasteiger partial charge in [0.05, 0.1) is 12.7 Å². The van der Waals surface area contributed by atoms with Crippen LogP contribution in [0, 0.1) is 6.92 Å². The van der Waals surface area contributed by atoms with E-state index in [1.165, 1.54) is 10.5 Å². The van der Waals surface area contributed by atoms with E-state index >= 15 is 0 Å². The molecule has 0 bridgehead atoms. The Morgan fingerprint density at radius 2 is 1.95 bits per heavy atom. The molecule has 0 saturated carbocycles. The fourth-order valence-electron chi connectivity index (χ4n) is 1.96. The molecule has 0 aliphatic rings. The quantitative estimate of drug-likeness (QED) is 0.807. The summed E-state index contributed by atoms with van der Waals surface area (Å²) in [6, 6.07) is 15.9. The number of hydrogen-bond donors (Lipinski definition) is 1. The summed E-state index contributed by atoms with van der Waals surface area (Å²) in [6.07, 6.45) is -0.486. The van der Waals surface area contributed by atoms with Crippen molar-refractivity contribution in [1.29, 1.82) is 0 Å². The third-order valence-electron chi connectivity index (χ3n) is 3.04. The van der Waals surface area contributed by atoms with E-state index in [4.69, 9.17) is 4.74 Å². The van der Waals surface area contributed by atoms with Crippen LogP contribution in [0.4, 0.5) is 0 Å². The van der Waals surface area contributed by atoms with Crippen molar-refractivity contribution in [3.8, 4) is 5.75 Å². The largest absolute Gasteiger partial charge is 0.494 e. The third-order valence-corrected chi connectivity index (χ3v) is 4.30. The van der Waals surface area contributed by atoms with Gasteiger partial charge in [-0.2, -0.15) is 0 Å². The normalized spacial score (nSPS) is 12.2. The van der Waals surface area contributed by atoms with Crippen LogP contribution in [0.3, 0.4) is 0 Å². The molecule has 3 heteroatoms. The lowest BCUT2D eigenvalue weighted by molar-refractivity contribution is 0.203. The molecule has 0 fully saturated rings. The number of aryl methyl sites for hydroxylation is 1. The molecule has 2 aromatic rings. The van der Waals surface area contributed by atoms with Gasteiger partial charge in [0.1, 0.15) is 5.75 Å². The molecule has 0 aliphatic carbocycles. The predicted octanol–water partition coefficient (Wildman–Crippen LogP) is 4.22. The van der Waals surface area contributed by atoms with Crippen LogP contribution < -0.4 is 4.74 Å². The first-order valence-corrected chi connectivity index (χ1v) is 7.78. The number of hydrogen-bond acceptors (Lipinski definition) is 3. The Balaban J connectivity index is 1.99. The van der Waals surface area contributed by atoms with Crippen LogP contribution in [0.5, 0.6) is 5.75 Å². The molecular weight excluding hydrogens is 268 g/mol. The second kappa shape index (κ2) is 7.36. The highest BCUT2D eigenvalue weighted by Crippen LogP contribution is 2.28. The molecule has 20 heavy (non-hydrogen) atoms. The molecule has 1 atom stereocenters. The molecule has 0 aliphatic heterocycles.